The van der Waals surface area contributed by atoms with Crippen LogP contribution in [0, 0.1) is 6.92 Å². The molecule has 5 heteroatoms. The van der Waals surface area contributed by atoms with Crippen molar-refractivity contribution in [3.8, 4) is 0 Å². The molecule has 5 nitrogen and oxygen atoms in total. The first-order chi connectivity index (χ1) is 8.29. The molecule has 2 aromatic heterocycles. The summed E-state index contributed by atoms with van der Waals surface area (Å²) in [7, 11) is 0. The summed E-state index contributed by atoms with van der Waals surface area (Å²) in [4.78, 5) is 8.57. The minimum Gasteiger partial charge on any atom is -0.364 e. The summed E-state index contributed by atoms with van der Waals surface area (Å²) in [5.41, 5.74) is 4.68. The van der Waals surface area contributed by atoms with Crippen molar-refractivity contribution in [1.82, 2.24) is 9.97 Å². The molecule has 0 atom stereocenters. The lowest BCUT2D eigenvalue weighted by Gasteiger charge is -2.08. The van der Waals surface area contributed by atoms with E-state index in [-0.39, 0.29) is 0 Å². The largest absolute Gasteiger partial charge is 0.364 e. The molecule has 2 heterocycles. The lowest BCUT2D eigenvalue weighted by Crippen LogP contribution is -2.10. The molecule has 17 heavy (non-hydrogen) atoms. The number of nitrogens with zero attached hydrogens (tertiary/aromatic N) is 2. The molecule has 0 amide bonds. The summed E-state index contributed by atoms with van der Waals surface area (Å²) in [5, 5.41) is 3.21. The molecular weight excluding hydrogens is 214 g/mol. The van der Waals surface area contributed by atoms with Crippen LogP contribution >= 0.6 is 0 Å². The number of pyridine rings is 2. The number of anilines is 2. The van der Waals surface area contributed by atoms with E-state index in [1.165, 1.54) is 0 Å². The van der Waals surface area contributed by atoms with Crippen LogP contribution in [-0.4, -0.2) is 9.97 Å². The maximum Gasteiger partial charge on any atom is 0.142 e. The van der Waals surface area contributed by atoms with Crippen LogP contribution in [0.15, 0.2) is 36.5 Å². The van der Waals surface area contributed by atoms with Gasteiger partial charge in [0.1, 0.15) is 11.6 Å². The van der Waals surface area contributed by atoms with Gasteiger partial charge in [-0.25, -0.2) is 10.8 Å². The molecule has 0 aliphatic heterocycles. The predicted octanol–water partition coefficient (Wildman–Crippen LogP) is 1.68. The van der Waals surface area contributed by atoms with E-state index >= 15 is 0 Å². The van der Waals surface area contributed by atoms with Crippen molar-refractivity contribution in [2.75, 3.05) is 10.7 Å². The maximum absolute atomic E-state index is 5.30. The lowest BCUT2D eigenvalue weighted by atomic mass is 10.2. The van der Waals surface area contributed by atoms with E-state index in [0.29, 0.717) is 12.4 Å². The molecule has 0 saturated carbocycles. The Morgan fingerprint density at radius 1 is 1.18 bits per heavy atom. The molecule has 0 fully saturated rings. The van der Waals surface area contributed by atoms with Gasteiger partial charge in [-0.3, -0.25) is 4.98 Å². The van der Waals surface area contributed by atoms with E-state index in [4.69, 9.17) is 5.84 Å². The summed E-state index contributed by atoms with van der Waals surface area (Å²) >= 11 is 0. The average Bonchev–Trinajstić information content (AvgIpc) is 2.38. The Hall–Kier alpha value is -2.14. The molecule has 88 valence electrons. The molecule has 4 N–H and O–H groups in total. The SMILES string of the molecule is Cc1cccnc1CNc1cccc(NN)n1. The van der Waals surface area contributed by atoms with Crippen molar-refractivity contribution in [3.05, 3.63) is 47.8 Å². The van der Waals surface area contributed by atoms with Gasteiger partial charge in [0.25, 0.3) is 0 Å². The third-order valence-corrected chi connectivity index (χ3v) is 2.45. The highest BCUT2D eigenvalue weighted by molar-refractivity contribution is 5.44. The fourth-order valence-corrected chi connectivity index (χ4v) is 1.49. The average molecular weight is 229 g/mol. The summed E-state index contributed by atoms with van der Waals surface area (Å²) in [5.74, 6) is 6.70. The predicted molar refractivity (Wildman–Crippen MR) is 68.3 cm³/mol. The number of aryl methyl sites for hydroxylation is 1. The lowest BCUT2D eigenvalue weighted by molar-refractivity contribution is 1.00. The van der Waals surface area contributed by atoms with Gasteiger partial charge in [0.2, 0.25) is 0 Å². The number of nitrogens with one attached hydrogen (secondary N) is 2. The highest BCUT2D eigenvalue weighted by Gasteiger charge is 2.00. The van der Waals surface area contributed by atoms with E-state index in [0.717, 1.165) is 17.1 Å². The molecule has 0 saturated heterocycles. The number of rotatable bonds is 4. The van der Waals surface area contributed by atoms with Crippen molar-refractivity contribution in [2.45, 2.75) is 13.5 Å². The van der Waals surface area contributed by atoms with Gasteiger partial charge >= 0.3 is 0 Å². The van der Waals surface area contributed by atoms with E-state index < -0.39 is 0 Å². The highest BCUT2D eigenvalue weighted by atomic mass is 15.3. The van der Waals surface area contributed by atoms with E-state index in [1.54, 1.807) is 12.3 Å². The smallest absolute Gasteiger partial charge is 0.142 e. The normalized spacial score (nSPS) is 10.0. The number of aromatic nitrogens is 2. The van der Waals surface area contributed by atoms with Gasteiger partial charge in [0.15, 0.2) is 0 Å². The monoisotopic (exact) mass is 229 g/mol. The first-order valence-corrected chi connectivity index (χ1v) is 5.37. The van der Waals surface area contributed by atoms with Crippen molar-refractivity contribution in [2.24, 2.45) is 5.84 Å². The molecule has 0 aliphatic carbocycles. The zero-order chi connectivity index (χ0) is 12.1. The van der Waals surface area contributed by atoms with Crippen LogP contribution in [0.5, 0.6) is 0 Å². The van der Waals surface area contributed by atoms with Crippen molar-refractivity contribution < 1.29 is 0 Å². The van der Waals surface area contributed by atoms with Crippen LogP contribution < -0.4 is 16.6 Å². The number of hydrogen-bond donors (Lipinski definition) is 3. The second-order valence-electron chi connectivity index (χ2n) is 3.67. The van der Waals surface area contributed by atoms with Crippen molar-refractivity contribution in [3.63, 3.8) is 0 Å². The van der Waals surface area contributed by atoms with Gasteiger partial charge < -0.3 is 10.7 Å². The molecule has 0 aromatic carbocycles. The van der Waals surface area contributed by atoms with Gasteiger partial charge in [0, 0.05) is 6.20 Å². The highest BCUT2D eigenvalue weighted by Crippen LogP contribution is 2.10. The number of nitrogens with two attached hydrogens (primary N) is 1. The number of hydrogen-bond acceptors (Lipinski definition) is 5. The Bertz CT molecular complexity index is 498. The second kappa shape index (κ2) is 5.27. The van der Waals surface area contributed by atoms with Gasteiger partial charge in [-0.1, -0.05) is 12.1 Å². The molecule has 0 aliphatic rings. The van der Waals surface area contributed by atoms with E-state index in [9.17, 15) is 0 Å². The summed E-state index contributed by atoms with van der Waals surface area (Å²) in [6, 6.07) is 9.54. The van der Waals surface area contributed by atoms with Crippen molar-refractivity contribution >= 4 is 11.6 Å². The zero-order valence-corrected chi connectivity index (χ0v) is 9.64. The Balaban J connectivity index is 2.05. The van der Waals surface area contributed by atoms with Gasteiger partial charge in [-0.05, 0) is 30.7 Å². The van der Waals surface area contributed by atoms with E-state index in [2.05, 4.69) is 20.7 Å². The number of hydrazine groups is 1. The Morgan fingerprint density at radius 2 is 2.00 bits per heavy atom. The quantitative estimate of drug-likeness (QED) is 0.549. The first kappa shape index (κ1) is 11.3. The van der Waals surface area contributed by atoms with Gasteiger partial charge in [0.05, 0.1) is 12.2 Å². The third-order valence-electron chi connectivity index (χ3n) is 2.45. The minimum absolute atomic E-state index is 0.632. The zero-order valence-electron chi connectivity index (χ0n) is 9.64. The summed E-state index contributed by atoms with van der Waals surface area (Å²) in [6.45, 7) is 2.68. The van der Waals surface area contributed by atoms with Crippen LogP contribution in [0.4, 0.5) is 11.6 Å². The van der Waals surface area contributed by atoms with E-state index in [1.807, 2.05) is 31.2 Å². The van der Waals surface area contributed by atoms with Crippen LogP contribution in [0.1, 0.15) is 11.3 Å². The fraction of sp³-hybridized carbons (Fsp3) is 0.167. The third kappa shape index (κ3) is 2.92. The van der Waals surface area contributed by atoms with Crippen molar-refractivity contribution in [1.29, 1.82) is 0 Å². The Labute approximate surface area is 100 Å². The van der Waals surface area contributed by atoms with Crippen LogP contribution in [0.25, 0.3) is 0 Å². The topological polar surface area (TPSA) is 75.9 Å². The van der Waals surface area contributed by atoms with Crippen LogP contribution in [0.3, 0.4) is 0 Å². The standard InChI is InChI=1S/C12H15N5/c1-9-4-3-7-14-10(9)8-15-11-5-2-6-12(16-11)17-13/h2-7H,8,13H2,1H3,(H2,15,16,17). The molecule has 2 aromatic rings. The van der Waals surface area contributed by atoms with Gasteiger partial charge in [-0.15, -0.1) is 0 Å². The second-order valence-corrected chi connectivity index (χ2v) is 3.67. The first-order valence-electron chi connectivity index (χ1n) is 5.37. The van der Waals surface area contributed by atoms with Gasteiger partial charge in [-0.2, -0.15) is 0 Å². The Kier molecular flexibility index (Phi) is 3.52. The molecule has 0 spiro atoms. The minimum atomic E-state index is 0.632. The molecule has 0 unspecified atom stereocenters. The molecule has 0 radical (unpaired) electrons. The fourth-order valence-electron chi connectivity index (χ4n) is 1.49. The van der Waals surface area contributed by atoms with Crippen LogP contribution in [0.2, 0.25) is 0 Å². The Morgan fingerprint density at radius 3 is 2.76 bits per heavy atom. The number of nitrogen functional groups attached to an aromatic ring is 1. The summed E-state index contributed by atoms with van der Waals surface area (Å²) in [6.07, 6.45) is 1.79. The molecular formula is C12H15N5. The maximum atomic E-state index is 5.30. The summed E-state index contributed by atoms with van der Waals surface area (Å²) < 4.78 is 0. The molecule has 2 rings (SSSR count). The van der Waals surface area contributed by atoms with Crippen LogP contribution in [-0.2, 0) is 6.54 Å². The molecule has 0 bridgehead atoms.